The Hall–Kier alpha value is -1.89. The van der Waals surface area contributed by atoms with Crippen molar-refractivity contribution in [3.05, 3.63) is 33.7 Å². The van der Waals surface area contributed by atoms with Crippen LogP contribution in [-0.4, -0.2) is 63.1 Å². The monoisotopic (exact) mass is 405 g/mol. The van der Waals surface area contributed by atoms with Crippen LogP contribution in [0.5, 0.6) is 0 Å². The first-order valence-corrected chi connectivity index (χ1v) is 11.0. The molecule has 1 unspecified atom stereocenters. The average Bonchev–Trinajstić information content (AvgIpc) is 3.12. The molecule has 0 spiro atoms. The molecule has 0 aromatic carbocycles. The van der Waals surface area contributed by atoms with Crippen LogP contribution in [-0.2, 0) is 10.5 Å². The molecule has 1 fully saturated rings. The first-order valence-electron chi connectivity index (χ1n) is 8.94. The minimum Gasteiger partial charge on any atom is -0.339 e. The first-order chi connectivity index (χ1) is 13.0. The van der Waals surface area contributed by atoms with Gasteiger partial charge in [0.25, 0.3) is 5.56 Å². The molecule has 3 heterocycles. The number of thiazole rings is 1. The van der Waals surface area contributed by atoms with Crippen molar-refractivity contribution in [2.24, 2.45) is 5.92 Å². The van der Waals surface area contributed by atoms with Gasteiger partial charge in [0.1, 0.15) is 6.04 Å². The number of carbonyl (C=O) groups is 1. The Bertz CT molecular complexity index is 893. The minimum absolute atomic E-state index is 0.0866. The quantitative estimate of drug-likeness (QED) is 0.727. The summed E-state index contributed by atoms with van der Waals surface area (Å²) in [7, 11) is 0. The lowest BCUT2D eigenvalue weighted by atomic mass is 10.0. The SMILES string of the molecule is CC(C)C(C#N)N1CCN(C(=O)CSCc2cc(=O)n3ccsc3n2)CC1. The minimum atomic E-state index is -0.0889. The zero-order valence-corrected chi connectivity index (χ0v) is 17.1. The standard InChI is InChI=1S/C18H23N5O2S2/c1-13(2)15(10-19)21-3-5-22(6-4-21)17(25)12-26-11-14-9-16(24)23-7-8-27-18(23)20-14/h7-9,13,15H,3-6,11-12H2,1-2H3. The van der Waals surface area contributed by atoms with E-state index in [1.807, 2.05) is 10.3 Å². The Morgan fingerprint density at radius 3 is 2.78 bits per heavy atom. The molecule has 0 aliphatic carbocycles. The van der Waals surface area contributed by atoms with Gasteiger partial charge in [-0.25, -0.2) is 4.98 Å². The van der Waals surface area contributed by atoms with Gasteiger partial charge in [-0.1, -0.05) is 13.8 Å². The van der Waals surface area contributed by atoms with Crippen LogP contribution in [0.3, 0.4) is 0 Å². The van der Waals surface area contributed by atoms with Gasteiger partial charge in [-0.05, 0) is 5.92 Å². The third-order valence-corrected chi connectivity index (χ3v) is 6.36. The highest BCUT2D eigenvalue weighted by molar-refractivity contribution is 7.99. The van der Waals surface area contributed by atoms with Crippen molar-refractivity contribution in [3.63, 3.8) is 0 Å². The second-order valence-electron chi connectivity index (χ2n) is 6.87. The predicted octanol–water partition coefficient (Wildman–Crippen LogP) is 1.68. The fraction of sp³-hybridized carbons (Fsp3) is 0.556. The van der Waals surface area contributed by atoms with Gasteiger partial charge in [0.05, 0.1) is 17.5 Å². The average molecular weight is 406 g/mol. The number of nitrogens with zero attached hydrogens (tertiary/aromatic N) is 5. The van der Waals surface area contributed by atoms with Crippen LogP contribution in [0.15, 0.2) is 22.4 Å². The van der Waals surface area contributed by atoms with E-state index in [1.54, 1.807) is 6.20 Å². The van der Waals surface area contributed by atoms with Crippen molar-refractivity contribution in [1.82, 2.24) is 19.2 Å². The number of amides is 1. The summed E-state index contributed by atoms with van der Waals surface area (Å²) >= 11 is 2.91. The molecule has 1 aliphatic heterocycles. The third kappa shape index (κ3) is 4.69. The fourth-order valence-electron chi connectivity index (χ4n) is 3.20. The van der Waals surface area contributed by atoms with Gasteiger partial charge in [0.15, 0.2) is 4.96 Å². The molecule has 2 aromatic heterocycles. The lowest BCUT2D eigenvalue weighted by Crippen LogP contribution is -2.53. The summed E-state index contributed by atoms with van der Waals surface area (Å²) in [6, 6.07) is 3.81. The molecular formula is C18H23N5O2S2. The van der Waals surface area contributed by atoms with Gasteiger partial charge in [-0.15, -0.1) is 23.1 Å². The van der Waals surface area contributed by atoms with Crippen LogP contribution in [0.4, 0.5) is 0 Å². The number of carbonyl (C=O) groups excluding carboxylic acids is 1. The smallest absolute Gasteiger partial charge is 0.258 e. The van der Waals surface area contributed by atoms with E-state index in [9.17, 15) is 14.9 Å². The highest BCUT2D eigenvalue weighted by Gasteiger charge is 2.27. The summed E-state index contributed by atoms with van der Waals surface area (Å²) in [5, 5.41) is 11.1. The molecule has 3 rings (SSSR count). The Morgan fingerprint density at radius 2 is 2.11 bits per heavy atom. The van der Waals surface area contributed by atoms with Crippen LogP contribution < -0.4 is 5.56 Å². The molecule has 1 amide bonds. The molecule has 0 bridgehead atoms. The maximum absolute atomic E-state index is 12.4. The lowest BCUT2D eigenvalue weighted by Gasteiger charge is -2.38. The fourth-order valence-corrected chi connectivity index (χ4v) is 4.75. The molecular weight excluding hydrogens is 382 g/mol. The molecule has 1 atom stereocenters. The summed E-state index contributed by atoms with van der Waals surface area (Å²) in [5.41, 5.74) is 0.621. The second kappa shape index (κ2) is 8.87. The number of aromatic nitrogens is 2. The van der Waals surface area contributed by atoms with E-state index in [0.717, 1.165) is 13.1 Å². The number of fused-ring (bicyclic) bond motifs is 1. The molecule has 7 nitrogen and oxygen atoms in total. The Balaban J connectivity index is 1.47. The number of nitriles is 1. The number of hydrogen-bond donors (Lipinski definition) is 0. The van der Waals surface area contributed by atoms with Gasteiger partial charge < -0.3 is 4.90 Å². The van der Waals surface area contributed by atoms with Crippen molar-refractivity contribution in [2.45, 2.75) is 25.6 Å². The Morgan fingerprint density at radius 1 is 1.37 bits per heavy atom. The van der Waals surface area contributed by atoms with E-state index >= 15 is 0 Å². The first kappa shape index (κ1) is 19.9. The number of hydrogen-bond acceptors (Lipinski definition) is 7. The molecule has 9 heteroatoms. The van der Waals surface area contributed by atoms with Gasteiger partial charge in [-0.3, -0.25) is 18.9 Å². The van der Waals surface area contributed by atoms with Gasteiger partial charge in [0, 0.05) is 49.6 Å². The van der Waals surface area contributed by atoms with Gasteiger partial charge in [-0.2, -0.15) is 5.26 Å². The topological polar surface area (TPSA) is 81.7 Å². The highest BCUT2D eigenvalue weighted by atomic mass is 32.2. The van der Waals surface area contributed by atoms with Crippen molar-refractivity contribution >= 4 is 34.0 Å². The van der Waals surface area contributed by atoms with E-state index in [4.69, 9.17) is 0 Å². The predicted molar refractivity (Wildman–Crippen MR) is 108 cm³/mol. The summed E-state index contributed by atoms with van der Waals surface area (Å²) in [6.07, 6.45) is 1.71. The molecule has 1 saturated heterocycles. The highest BCUT2D eigenvalue weighted by Crippen LogP contribution is 2.16. The molecule has 1 aliphatic rings. The normalized spacial score (nSPS) is 16.6. The zero-order valence-electron chi connectivity index (χ0n) is 15.5. The van der Waals surface area contributed by atoms with Crippen LogP contribution >= 0.6 is 23.1 Å². The molecule has 27 heavy (non-hydrogen) atoms. The lowest BCUT2D eigenvalue weighted by molar-refractivity contribution is -0.130. The van der Waals surface area contributed by atoms with Gasteiger partial charge in [0.2, 0.25) is 5.91 Å². The molecule has 0 N–H and O–H groups in total. The van der Waals surface area contributed by atoms with Crippen LogP contribution in [0.2, 0.25) is 0 Å². The number of rotatable bonds is 6. The van der Waals surface area contributed by atoms with E-state index in [2.05, 4.69) is 29.8 Å². The van der Waals surface area contributed by atoms with Crippen molar-refractivity contribution in [1.29, 1.82) is 5.26 Å². The van der Waals surface area contributed by atoms with E-state index in [-0.39, 0.29) is 23.4 Å². The van der Waals surface area contributed by atoms with Crippen LogP contribution in [0.1, 0.15) is 19.5 Å². The third-order valence-electron chi connectivity index (χ3n) is 4.66. The van der Waals surface area contributed by atoms with Crippen LogP contribution in [0, 0.1) is 17.2 Å². The second-order valence-corrected chi connectivity index (χ2v) is 8.73. The summed E-state index contributed by atoms with van der Waals surface area (Å²) in [6.45, 7) is 6.89. The number of thioether (sulfide) groups is 1. The van der Waals surface area contributed by atoms with E-state index < -0.39 is 0 Å². The summed E-state index contributed by atoms with van der Waals surface area (Å²) in [4.78, 5) is 33.6. The zero-order chi connectivity index (χ0) is 19.4. The number of piperazine rings is 1. The summed E-state index contributed by atoms with van der Waals surface area (Å²) in [5.74, 6) is 1.30. The summed E-state index contributed by atoms with van der Waals surface area (Å²) < 4.78 is 1.52. The van der Waals surface area contributed by atoms with Crippen molar-refractivity contribution < 1.29 is 4.79 Å². The largest absolute Gasteiger partial charge is 0.339 e. The Labute approximate surface area is 166 Å². The molecule has 2 aromatic rings. The van der Waals surface area contributed by atoms with E-state index in [0.29, 0.717) is 35.3 Å². The molecule has 0 radical (unpaired) electrons. The maximum Gasteiger partial charge on any atom is 0.258 e. The van der Waals surface area contributed by atoms with E-state index in [1.165, 1.54) is 33.6 Å². The van der Waals surface area contributed by atoms with Crippen molar-refractivity contribution in [3.8, 4) is 6.07 Å². The van der Waals surface area contributed by atoms with Crippen molar-refractivity contribution in [2.75, 3.05) is 31.9 Å². The Kier molecular flexibility index (Phi) is 6.52. The molecule has 144 valence electrons. The van der Waals surface area contributed by atoms with Crippen LogP contribution in [0.25, 0.3) is 4.96 Å². The maximum atomic E-state index is 12.4. The molecule has 0 saturated carbocycles. The van der Waals surface area contributed by atoms with Gasteiger partial charge >= 0.3 is 0 Å².